The molecule has 1 atom stereocenters. The molecule has 0 aliphatic rings. The maximum atomic E-state index is 9.67. The van der Waals surface area contributed by atoms with Crippen LogP contribution in [0.15, 0.2) is 18.5 Å². The van der Waals surface area contributed by atoms with Crippen LogP contribution < -0.4 is 0 Å². The Bertz CT molecular complexity index is 478. The number of aromatic nitrogens is 3. The van der Waals surface area contributed by atoms with E-state index in [0.717, 1.165) is 23.5 Å². The van der Waals surface area contributed by atoms with Crippen LogP contribution in [0, 0.1) is 0 Å². The fraction of sp³-hybridized carbons (Fsp3) is 0.500. The molecule has 0 aromatic carbocycles. The Morgan fingerprint density at radius 1 is 1.41 bits per heavy atom. The second-order valence-electron chi connectivity index (χ2n) is 3.95. The molecule has 2 aromatic rings. The summed E-state index contributed by atoms with van der Waals surface area (Å²) in [6.45, 7) is 4.61. The quantitative estimate of drug-likeness (QED) is 0.887. The summed E-state index contributed by atoms with van der Waals surface area (Å²) in [5.74, 6) is 0.849. The molecule has 2 heterocycles. The predicted octanol–water partition coefficient (Wildman–Crippen LogP) is 2.34. The van der Waals surface area contributed by atoms with E-state index >= 15 is 0 Å². The van der Waals surface area contributed by atoms with Crippen molar-refractivity contribution in [1.29, 1.82) is 0 Å². The van der Waals surface area contributed by atoms with Crippen molar-refractivity contribution in [2.24, 2.45) is 0 Å². The van der Waals surface area contributed by atoms with Gasteiger partial charge in [0, 0.05) is 4.88 Å². The number of nitrogens with zero attached hydrogens (tertiary/aromatic N) is 3. The Labute approximate surface area is 105 Å². The summed E-state index contributed by atoms with van der Waals surface area (Å²) in [4.78, 5) is 6.72. The largest absolute Gasteiger partial charge is 0.391 e. The minimum atomic E-state index is -0.360. The molecule has 2 aromatic heterocycles. The van der Waals surface area contributed by atoms with Gasteiger partial charge in [-0.25, -0.2) is 9.67 Å². The summed E-state index contributed by atoms with van der Waals surface area (Å²) in [5.41, 5.74) is 0. The Balaban J connectivity index is 2.23. The molecule has 0 fully saturated rings. The lowest BCUT2D eigenvalue weighted by atomic mass is 10.3. The van der Waals surface area contributed by atoms with Crippen molar-refractivity contribution in [2.45, 2.75) is 39.3 Å². The number of aliphatic hydroxyl groups is 1. The molecule has 17 heavy (non-hydrogen) atoms. The smallest absolute Gasteiger partial charge is 0.168 e. The zero-order valence-corrected chi connectivity index (χ0v) is 10.9. The molecule has 0 saturated carbocycles. The van der Waals surface area contributed by atoms with Crippen LogP contribution >= 0.6 is 11.3 Å². The maximum Gasteiger partial charge on any atom is 0.168 e. The molecular formula is C12H17N3OS. The highest BCUT2D eigenvalue weighted by Gasteiger charge is 2.12. The molecule has 92 valence electrons. The standard InChI is InChI=1S/C12H17N3OS/c1-3-9(16)7-15-12(13-8-14-15)11-6-5-10(4-2)17-11/h5-6,8-9,16H,3-4,7H2,1-2H3/t9-/m0/s1. The minimum absolute atomic E-state index is 0.360. The van der Waals surface area contributed by atoms with E-state index in [9.17, 15) is 5.11 Å². The van der Waals surface area contributed by atoms with Gasteiger partial charge < -0.3 is 5.11 Å². The Kier molecular flexibility index (Phi) is 3.91. The third kappa shape index (κ3) is 2.73. The number of aliphatic hydroxyl groups excluding tert-OH is 1. The molecule has 0 amide bonds. The third-order valence-electron chi connectivity index (χ3n) is 2.70. The fourth-order valence-corrected chi connectivity index (χ4v) is 2.55. The summed E-state index contributed by atoms with van der Waals surface area (Å²) in [6, 6.07) is 4.19. The highest BCUT2D eigenvalue weighted by Crippen LogP contribution is 2.26. The van der Waals surface area contributed by atoms with E-state index in [1.54, 1.807) is 22.3 Å². The highest BCUT2D eigenvalue weighted by atomic mass is 32.1. The molecule has 2 rings (SSSR count). The molecule has 1 N–H and O–H groups in total. The van der Waals surface area contributed by atoms with E-state index in [-0.39, 0.29) is 6.10 Å². The number of rotatable bonds is 5. The van der Waals surface area contributed by atoms with Gasteiger partial charge in [-0.3, -0.25) is 0 Å². The van der Waals surface area contributed by atoms with Gasteiger partial charge in [0.15, 0.2) is 5.82 Å². The van der Waals surface area contributed by atoms with Crippen molar-refractivity contribution < 1.29 is 5.11 Å². The summed E-state index contributed by atoms with van der Waals surface area (Å²) in [7, 11) is 0. The highest BCUT2D eigenvalue weighted by molar-refractivity contribution is 7.15. The van der Waals surface area contributed by atoms with Gasteiger partial charge in [-0.2, -0.15) is 5.10 Å². The zero-order valence-electron chi connectivity index (χ0n) is 10.1. The third-order valence-corrected chi connectivity index (χ3v) is 3.93. The molecule has 5 heteroatoms. The average Bonchev–Trinajstić information content (AvgIpc) is 2.96. The first-order valence-electron chi connectivity index (χ1n) is 5.89. The number of hydrogen-bond acceptors (Lipinski definition) is 4. The topological polar surface area (TPSA) is 50.9 Å². The minimum Gasteiger partial charge on any atom is -0.391 e. The molecule has 4 nitrogen and oxygen atoms in total. The van der Waals surface area contributed by atoms with Crippen molar-refractivity contribution in [3.05, 3.63) is 23.3 Å². The van der Waals surface area contributed by atoms with Crippen molar-refractivity contribution in [2.75, 3.05) is 0 Å². The van der Waals surface area contributed by atoms with E-state index in [0.29, 0.717) is 6.54 Å². The van der Waals surface area contributed by atoms with Gasteiger partial charge in [-0.15, -0.1) is 11.3 Å². The van der Waals surface area contributed by atoms with Gasteiger partial charge in [-0.05, 0) is 25.0 Å². The van der Waals surface area contributed by atoms with E-state index in [2.05, 4.69) is 29.1 Å². The average molecular weight is 251 g/mol. The second-order valence-corrected chi connectivity index (χ2v) is 5.12. The first-order chi connectivity index (χ1) is 8.24. The molecule has 0 bridgehead atoms. The van der Waals surface area contributed by atoms with Crippen LogP contribution in [-0.4, -0.2) is 26.0 Å². The van der Waals surface area contributed by atoms with Crippen LogP contribution in [0.25, 0.3) is 10.7 Å². The van der Waals surface area contributed by atoms with Crippen LogP contribution in [0.2, 0.25) is 0 Å². The summed E-state index contributed by atoms with van der Waals surface area (Å²) in [6.07, 6.45) is 2.95. The molecule has 0 spiro atoms. The SMILES string of the molecule is CCc1ccc(-c2ncnn2C[C@@H](O)CC)s1. The van der Waals surface area contributed by atoms with Crippen LogP contribution in [0.5, 0.6) is 0 Å². The Hall–Kier alpha value is -1.20. The lowest BCUT2D eigenvalue weighted by Crippen LogP contribution is -2.16. The maximum absolute atomic E-state index is 9.67. The van der Waals surface area contributed by atoms with Crippen molar-refractivity contribution in [1.82, 2.24) is 14.8 Å². The van der Waals surface area contributed by atoms with Crippen LogP contribution in [0.1, 0.15) is 25.1 Å². The molecule has 0 aliphatic heterocycles. The van der Waals surface area contributed by atoms with Gasteiger partial charge >= 0.3 is 0 Å². The van der Waals surface area contributed by atoms with E-state index < -0.39 is 0 Å². The molecule has 0 aliphatic carbocycles. The second kappa shape index (κ2) is 5.42. The summed E-state index contributed by atoms with van der Waals surface area (Å²) < 4.78 is 1.78. The van der Waals surface area contributed by atoms with Gasteiger partial charge in [0.2, 0.25) is 0 Å². The van der Waals surface area contributed by atoms with E-state index in [1.165, 1.54) is 4.88 Å². The molecular weight excluding hydrogens is 234 g/mol. The van der Waals surface area contributed by atoms with Gasteiger partial charge in [-0.1, -0.05) is 13.8 Å². The molecule has 0 saturated heterocycles. The Morgan fingerprint density at radius 2 is 2.24 bits per heavy atom. The summed E-state index contributed by atoms with van der Waals surface area (Å²) >= 11 is 1.73. The summed E-state index contributed by atoms with van der Waals surface area (Å²) in [5, 5.41) is 13.8. The van der Waals surface area contributed by atoms with Crippen LogP contribution in [0.3, 0.4) is 0 Å². The van der Waals surface area contributed by atoms with Crippen molar-refractivity contribution in [3.8, 4) is 10.7 Å². The number of hydrogen-bond donors (Lipinski definition) is 1. The normalized spacial score (nSPS) is 12.9. The van der Waals surface area contributed by atoms with Crippen molar-refractivity contribution >= 4 is 11.3 Å². The van der Waals surface area contributed by atoms with Crippen LogP contribution in [0.4, 0.5) is 0 Å². The van der Waals surface area contributed by atoms with Crippen LogP contribution in [-0.2, 0) is 13.0 Å². The molecule has 0 unspecified atom stereocenters. The predicted molar refractivity (Wildman–Crippen MR) is 69.0 cm³/mol. The lowest BCUT2D eigenvalue weighted by Gasteiger charge is -2.09. The van der Waals surface area contributed by atoms with Gasteiger partial charge in [0.1, 0.15) is 6.33 Å². The lowest BCUT2D eigenvalue weighted by molar-refractivity contribution is 0.146. The zero-order chi connectivity index (χ0) is 12.3. The van der Waals surface area contributed by atoms with Crippen molar-refractivity contribution in [3.63, 3.8) is 0 Å². The van der Waals surface area contributed by atoms with Gasteiger partial charge in [0.05, 0.1) is 17.5 Å². The first kappa shape index (κ1) is 12.3. The van der Waals surface area contributed by atoms with E-state index in [4.69, 9.17) is 0 Å². The molecule has 0 radical (unpaired) electrons. The number of aryl methyl sites for hydroxylation is 1. The number of thiophene rings is 1. The first-order valence-corrected chi connectivity index (χ1v) is 6.71. The monoisotopic (exact) mass is 251 g/mol. The van der Waals surface area contributed by atoms with E-state index in [1.807, 2.05) is 6.92 Å². The fourth-order valence-electron chi connectivity index (χ4n) is 1.61. The van der Waals surface area contributed by atoms with Gasteiger partial charge in [0.25, 0.3) is 0 Å². The Morgan fingerprint density at radius 3 is 2.88 bits per heavy atom.